The first kappa shape index (κ1) is 23.8. The third kappa shape index (κ3) is 4.28. The number of anilines is 2. The number of rotatable bonds is 4. The number of nitrogens with zero attached hydrogens (tertiary/aromatic N) is 3. The third-order valence-corrected chi connectivity index (χ3v) is 8.72. The van der Waals surface area contributed by atoms with Gasteiger partial charge in [-0.05, 0) is 55.3 Å². The second-order valence-electron chi connectivity index (χ2n) is 10.4. The molecule has 2 aromatic carbocycles. The second kappa shape index (κ2) is 8.44. The van der Waals surface area contributed by atoms with Crippen LogP contribution in [0.2, 0.25) is 0 Å². The highest BCUT2D eigenvalue weighted by atomic mass is 32.2. The number of fused-ring (bicyclic) bond motifs is 1. The van der Waals surface area contributed by atoms with Crippen molar-refractivity contribution in [3.05, 3.63) is 53.6 Å². The molecule has 4 rings (SSSR count). The number of benzene rings is 2. The van der Waals surface area contributed by atoms with Gasteiger partial charge in [-0.2, -0.15) is 4.31 Å². The zero-order valence-electron chi connectivity index (χ0n) is 20.5. The molecule has 0 N–H and O–H groups in total. The van der Waals surface area contributed by atoms with E-state index in [9.17, 15) is 13.2 Å². The van der Waals surface area contributed by atoms with Crippen LogP contribution in [0.5, 0.6) is 0 Å². The summed E-state index contributed by atoms with van der Waals surface area (Å²) in [5.74, 6) is -0.0418. The fourth-order valence-electron chi connectivity index (χ4n) is 5.01. The summed E-state index contributed by atoms with van der Waals surface area (Å²) in [6.07, 6.45) is 0. The number of carbonyl (C=O) groups is 1. The summed E-state index contributed by atoms with van der Waals surface area (Å²) in [7, 11) is -3.63. The van der Waals surface area contributed by atoms with Gasteiger partial charge in [0.25, 0.3) is 0 Å². The molecular formula is C26H35N3O3S. The first-order valence-corrected chi connectivity index (χ1v) is 13.2. The van der Waals surface area contributed by atoms with Gasteiger partial charge in [-0.25, -0.2) is 8.42 Å². The van der Waals surface area contributed by atoms with Crippen molar-refractivity contribution in [3.8, 4) is 0 Å². The van der Waals surface area contributed by atoms with Gasteiger partial charge in [-0.15, -0.1) is 0 Å². The molecule has 7 heteroatoms. The van der Waals surface area contributed by atoms with Crippen LogP contribution >= 0.6 is 0 Å². The lowest BCUT2D eigenvalue weighted by atomic mass is 9.87. The second-order valence-corrected chi connectivity index (χ2v) is 12.3. The standard InChI is InChI=1S/C26H35N3O3S/c1-18(2)25(30)29-17-26(5,6)23-15-22(10-11-24(23)29)33(31,32)27-12-13-28(20(4)16-27)21-9-7-8-19(3)14-21/h7-11,14-15,18,20H,12-13,16-17H2,1-6H3/t20-/m0/s1. The number of hydrogen-bond donors (Lipinski definition) is 0. The van der Waals surface area contributed by atoms with Crippen LogP contribution in [0.1, 0.15) is 45.7 Å². The van der Waals surface area contributed by atoms with Gasteiger partial charge < -0.3 is 9.80 Å². The van der Waals surface area contributed by atoms with Crippen molar-refractivity contribution in [1.29, 1.82) is 0 Å². The summed E-state index contributed by atoms with van der Waals surface area (Å²) in [6, 6.07) is 13.7. The van der Waals surface area contributed by atoms with E-state index in [0.717, 1.165) is 16.9 Å². The summed E-state index contributed by atoms with van der Waals surface area (Å²) in [6.45, 7) is 14.2. The zero-order chi connectivity index (χ0) is 24.1. The molecule has 2 aliphatic rings. The van der Waals surface area contributed by atoms with Crippen molar-refractivity contribution in [2.45, 2.75) is 57.9 Å². The Labute approximate surface area is 198 Å². The van der Waals surface area contributed by atoms with E-state index >= 15 is 0 Å². The molecule has 0 saturated carbocycles. The van der Waals surface area contributed by atoms with Crippen LogP contribution in [-0.2, 0) is 20.2 Å². The highest BCUT2D eigenvalue weighted by molar-refractivity contribution is 7.89. The maximum atomic E-state index is 13.6. The Morgan fingerprint density at radius 3 is 2.45 bits per heavy atom. The molecule has 0 unspecified atom stereocenters. The lowest BCUT2D eigenvalue weighted by Crippen LogP contribution is -2.53. The Kier molecular flexibility index (Phi) is 6.08. The van der Waals surface area contributed by atoms with Crippen LogP contribution in [0.4, 0.5) is 11.4 Å². The number of aryl methyl sites for hydroxylation is 1. The van der Waals surface area contributed by atoms with Crippen LogP contribution in [0, 0.1) is 12.8 Å². The summed E-state index contributed by atoms with van der Waals surface area (Å²) < 4.78 is 28.8. The summed E-state index contributed by atoms with van der Waals surface area (Å²) in [4.78, 5) is 17.1. The fourth-order valence-corrected chi connectivity index (χ4v) is 6.55. The van der Waals surface area contributed by atoms with Gasteiger partial charge in [0.1, 0.15) is 0 Å². The maximum absolute atomic E-state index is 13.6. The molecule has 2 aromatic rings. The molecular weight excluding hydrogens is 434 g/mol. The molecule has 0 radical (unpaired) electrons. The SMILES string of the molecule is Cc1cccc(N2CCN(S(=O)(=O)c3ccc4c(c3)C(C)(C)CN4C(=O)C(C)C)C[C@@H]2C)c1. The molecule has 2 heterocycles. The predicted octanol–water partition coefficient (Wildman–Crippen LogP) is 4.17. The summed E-state index contributed by atoms with van der Waals surface area (Å²) in [5.41, 5.74) is 3.77. The number of amides is 1. The average molecular weight is 470 g/mol. The molecule has 0 aliphatic carbocycles. The van der Waals surface area contributed by atoms with Crippen LogP contribution in [0.15, 0.2) is 47.4 Å². The smallest absolute Gasteiger partial charge is 0.243 e. The molecule has 6 nitrogen and oxygen atoms in total. The largest absolute Gasteiger partial charge is 0.366 e. The van der Waals surface area contributed by atoms with Crippen molar-refractivity contribution in [2.24, 2.45) is 5.92 Å². The Morgan fingerprint density at radius 2 is 1.82 bits per heavy atom. The van der Waals surface area contributed by atoms with E-state index in [4.69, 9.17) is 0 Å². The average Bonchev–Trinajstić information content (AvgIpc) is 3.03. The monoisotopic (exact) mass is 469 g/mol. The molecule has 2 aliphatic heterocycles. The Hall–Kier alpha value is -2.38. The minimum Gasteiger partial charge on any atom is -0.366 e. The van der Waals surface area contributed by atoms with Crippen LogP contribution < -0.4 is 9.80 Å². The van der Waals surface area contributed by atoms with Gasteiger partial charge in [0.2, 0.25) is 15.9 Å². The fraction of sp³-hybridized carbons (Fsp3) is 0.500. The van der Waals surface area contributed by atoms with E-state index in [0.29, 0.717) is 31.1 Å². The Morgan fingerprint density at radius 1 is 1.09 bits per heavy atom. The summed E-state index contributed by atoms with van der Waals surface area (Å²) >= 11 is 0. The van der Waals surface area contributed by atoms with Gasteiger partial charge in [0.05, 0.1) is 4.90 Å². The minimum absolute atomic E-state index is 0.0681. The van der Waals surface area contributed by atoms with Crippen molar-refractivity contribution in [3.63, 3.8) is 0 Å². The van der Waals surface area contributed by atoms with Crippen LogP contribution in [0.3, 0.4) is 0 Å². The normalized spacial score (nSPS) is 20.9. The molecule has 0 spiro atoms. The van der Waals surface area contributed by atoms with Crippen molar-refractivity contribution < 1.29 is 13.2 Å². The molecule has 1 atom stereocenters. The summed E-state index contributed by atoms with van der Waals surface area (Å²) in [5, 5.41) is 0. The quantitative estimate of drug-likeness (QED) is 0.674. The third-order valence-electron chi connectivity index (χ3n) is 6.86. The maximum Gasteiger partial charge on any atom is 0.243 e. The highest BCUT2D eigenvalue weighted by Gasteiger charge is 2.40. The zero-order valence-corrected chi connectivity index (χ0v) is 21.3. The Balaban J connectivity index is 1.59. The van der Waals surface area contributed by atoms with Gasteiger partial charge in [0.15, 0.2) is 0 Å². The lowest BCUT2D eigenvalue weighted by molar-refractivity contribution is -0.121. The molecule has 33 heavy (non-hydrogen) atoms. The van der Waals surface area contributed by atoms with E-state index in [1.807, 2.05) is 26.0 Å². The van der Waals surface area contributed by atoms with Gasteiger partial charge in [-0.1, -0.05) is 39.8 Å². The van der Waals surface area contributed by atoms with Crippen LogP contribution in [0.25, 0.3) is 0 Å². The predicted molar refractivity (Wildman–Crippen MR) is 133 cm³/mol. The van der Waals surface area contributed by atoms with Gasteiger partial charge >= 0.3 is 0 Å². The number of carbonyl (C=O) groups excluding carboxylic acids is 1. The number of hydrogen-bond acceptors (Lipinski definition) is 4. The lowest BCUT2D eigenvalue weighted by Gasteiger charge is -2.40. The first-order chi connectivity index (χ1) is 15.4. The molecule has 178 valence electrons. The van der Waals surface area contributed by atoms with E-state index in [1.54, 1.807) is 21.3 Å². The van der Waals surface area contributed by atoms with Crippen LogP contribution in [-0.4, -0.2) is 50.9 Å². The first-order valence-electron chi connectivity index (χ1n) is 11.7. The minimum atomic E-state index is -3.63. The topological polar surface area (TPSA) is 60.9 Å². The number of sulfonamides is 1. The highest BCUT2D eigenvalue weighted by Crippen LogP contribution is 2.42. The number of piperazine rings is 1. The molecule has 1 saturated heterocycles. The van der Waals surface area contributed by atoms with Crippen molar-refractivity contribution in [1.82, 2.24) is 4.31 Å². The molecule has 1 amide bonds. The van der Waals surface area contributed by atoms with E-state index in [1.165, 1.54) is 5.56 Å². The van der Waals surface area contributed by atoms with Gasteiger partial charge in [-0.3, -0.25) is 4.79 Å². The van der Waals surface area contributed by atoms with Crippen molar-refractivity contribution in [2.75, 3.05) is 36.0 Å². The Bertz CT molecular complexity index is 1170. The van der Waals surface area contributed by atoms with E-state index < -0.39 is 10.0 Å². The molecule has 0 aromatic heterocycles. The van der Waals surface area contributed by atoms with E-state index in [2.05, 4.69) is 50.8 Å². The van der Waals surface area contributed by atoms with Gasteiger partial charge in [0, 0.05) is 54.9 Å². The molecule has 0 bridgehead atoms. The van der Waals surface area contributed by atoms with Crippen molar-refractivity contribution >= 4 is 27.3 Å². The molecule has 1 fully saturated rings. The van der Waals surface area contributed by atoms with E-state index in [-0.39, 0.29) is 23.3 Å².